The molecule has 0 radical (unpaired) electrons. The minimum atomic E-state index is -0.462. The van der Waals surface area contributed by atoms with Crippen molar-refractivity contribution in [2.75, 3.05) is 44.2 Å². The van der Waals surface area contributed by atoms with Crippen molar-refractivity contribution in [3.05, 3.63) is 70.1 Å². The number of anilines is 1. The maximum Gasteiger partial charge on any atom is 0.407 e. The summed E-state index contributed by atoms with van der Waals surface area (Å²) in [6, 6.07) is 15.6. The molecule has 1 aromatic heterocycles. The van der Waals surface area contributed by atoms with Crippen molar-refractivity contribution in [2.45, 2.75) is 46.3 Å². The molecule has 0 bridgehead atoms. The minimum absolute atomic E-state index is 0.207. The fraction of sp³-hybridized carbons (Fsp3) is 0.448. The van der Waals surface area contributed by atoms with Gasteiger partial charge in [0.25, 0.3) is 0 Å². The second-order valence-corrected chi connectivity index (χ2v) is 10.7. The summed E-state index contributed by atoms with van der Waals surface area (Å²) in [4.78, 5) is 29.0. The predicted molar refractivity (Wildman–Crippen MR) is 146 cm³/mol. The van der Waals surface area contributed by atoms with E-state index in [2.05, 4.69) is 39.4 Å². The largest absolute Gasteiger partial charge is 0.489 e. The highest BCUT2D eigenvalue weighted by Gasteiger charge is 2.25. The third-order valence-corrected chi connectivity index (χ3v) is 6.38. The second-order valence-electron chi connectivity index (χ2n) is 10.7. The van der Waals surface area contributed by atoms with E-state index >= 15 is 0 Å². The summed E-state index contributed by atoms with van der Waals surface area (Å²) >= 11 is 0. The number of hydrogen-bond donors (Lipinski definition) is 1. The van der Waals surface area contributed by atoms with Gasteiger partial charge in [0.15, 0.2) is 6.10 Å². The number of rotatable bonds is 7. The SMILES string of the molecule is Cc1cc2oc(=O)cc(C)c2cc1OC[C@@H](CN1CCN(c2ccccc2)CC1)OC(=O)NC(C)(C)C. The molecule has 37 heavy (non-hydrogen) atoms. The molecule has 0 unspecified atom stereocenters. The Bertz CT molecular complexity index is 1270. The van der Waals surface area contributed by atoms with Gasteiger partial charge in [0.05, 0.1) is 0 Å². The maximum absolute atomic E-state index is 12.6. The Labute approximate surface area is 218 Å². The zero-order valence-electron chi connectivity index (χ0n) is 22.4. The zero-order valence-corrected chi connectivity index (χ0v) is 22.4. The number of ether oxygens (including phenoxy) is 2. The highest BCUT2D eigenvalue weighted by Crippen LogP contribution is 2.27. The minimum Gasteiger partial charge on any atom is -0.489 e. The summed E-state index contributed by atoms with van der Waals surface area (Å²) in [6.45, 7) is 13.8. The summed E-state index contributed by atoms with van der Waals surface area (Å²) in [5, 5.41) is 3.70. The first-order valence-electron chi connectivity index (χ1n) is 12.8. The van der Waals surface area contributed by atoms with E-state index in [1.807, 2.05) is 52.8 Å². The molecule has 1 amide bonds. The Kier molecular flexibility index (Phi) is 8.07. The highest BCUT2D eigenvalue weighted by atomic mass is 16.6. The quantitative estimate of drug-likeness (QED) is 0.471. The first kappa shape index (κ1) is 26.5. The lowest BCUT2D eigenvalue weighted by molar-refractivity contribution is 0.0359. The van der Waals surface area contributed by atoms with E-state index in [4.69, 9.17) is 13.9 Å². The van der Waals surface area contributed by atoms with Crippen molar-refractivity contribution in [2.24, 2.45) is 0 Å². The van der Waals surface area contributed by atoms with Crippen LogP contribution in [-0.2, 0) is 4.74 Å². The van der Waals surface area contributed by atoms with Crippen molar-refractivity contribution in [1.29, 1.82) is 0 Å². The smallest absolute Gasteiger partial charge is 0.407 e. The van der Waals surface area contributed by atoms with Gasteiger partial charge in [-0.2, -0.15) is 0 Å². The number of amides is 1. The first-order valence-corrected chi connectivity index (χ1v) is 12.8. The van der Waals surface area contributed by atoms with Gasteiger partial charge >= 0.3 is 11.7 Å². The van der Waals surface area contributed by atoms with E-state index in [0.29, 0.717) is 17.9 Å². The molecule has 1 fully saturated rings. The van der Waals surface area contributed by atoms with E-state index in [0.717, 1.165) is 42.7 Å². The summed E-state index contributed by atoms with van der Waals surface area (Å²) in [6.07, 6.45) is -0.924. The first-order chi connectivity index (χ1) is 17.6. The molecule has 1 saturated heterocycles. The molecule has 0 aliphatic carbocycles. The predicted octanol–water partition coefficient (Wildman–Crippen LogP) is 4.50. The van der Waals surface area contributed by atoms with E-state index in [1.54, 1.807) is 0 Å². The number of fused-ring (bicyclic) bond motifs is 1. The molecule has 3 aromatic rings. The summed E-state index contributed by atoms with van der Waals surface area (Å²) < 4.78 is 17.4. The van der Waals surface area contributed by atoms with Gasteiger partial charge in [-0.15, -0.1) is 0 Å². The molecule has 8 heteroatoms. The lowest BCUT2D eigenvalue weighted by Gasteiger charge is -2.37. The third kappa shape index (κ3) is 7.26. The lowest BCUT2D eigenvalue weighted by atomic mass is 10.1. The number of piperazine rings is 1. The molecule has 4 rings (SSSR count). The summed E-state index contributed by atoms with van der Waals surface area (Å²) in [5.41, 5.74) is 2.65. The molecule has 8 nitrogen and oxygen atoms in total. The van der Waals surface area contributed by atoms with Crippen molar-refractivity contribution in [3.8, 4) is 5.75 Å². The number of nitrogens with one attached hydrogen (secondary N) is 1. The van der Waals surface area contributed by atoms with Gasteiger partial charge in [0, 0.05) is 55.4 Å². The van der Waals surface area contributed by atoms with Crippen molar-refractivity contribution in [3.63, 3.8) is 0 Å². The number of carbonyl (C=O) groups excluding carboxylic acids is 1. The molecule has 0 spiro atoms. The average molecular weight is 508 g/mol. The molecule has 1 atom stereocenters. The Morgan fingerprint density at radius 3 is 2.41 bits per heavy atom. The third-order valence-electron chi connectivity index (χ3n) is 6.38. The Morgan fingerprint density at radius 1 is 1.03 bits per heavy atom. The fourth-order valence-electron chi connectivity index (χ4n) is 4.51. The number of carbonyl (C=O) groups is 1. The van der Waals surface area contributed by atoms with Crippen LogP contribution < -0.4 is 20.6 Å². The topological polar surface area (TPSA) is 84.2 Å². The van der Waals surface area contributed by atoms with Crippen LogP contribution in [0.2, 0.25) is 0 Å². The average Bonchev–Trinajstić information content (AvgIpc) is 2.82. The summed E-state index contributed by atoms with van der Waals surface area (Å²) in [5.74, 6) is 0.670. The summed E-state index contributed by atoms with van der Waals surface area (Å²) in [7, 11) is 0. The van der Waals surface area contributed by atoms with Crippen LogP contribution >= 0.6 is 0 Å². The van der Waals surface area contributed by atoms with Crippen molar-refractivity contribution in [1.82, 2.24) is 10.2 Å². The Hall–Kier alpha value is -3.52. The number of para-hydroxylation sites is 1. The number of benzene rings is 2. The number of aryl methyl sites for hydroxylation is 2. The lowest BCUT2D eigenvalue weighted by Crippen LogP contribution is -2.51. The van der Waals surface area contributed by atoms with Crippen LogP contribution in [0.4, 0.5) is 10.5 Å². The molecule has 0 saturated carbocycles. The standard InChI is InChI=1S/C29H37N3O5/c1-20-16-27(33)37-26-15-21(2)25(17-24(20)26)35-19-23(36-28(34)30-29(3,4)5)18-31-11-13-32(14-12-31)22-9-7-6-8-10-22/h6-10,15-17,23H,11-14,18-19H2,1-5H3,(H,30,34)/t23-/m1/s1. The Balaban J connectivity index is 1.44. The van der Waals surface area contributed by atoms with Crippen LogP contribution in [0.25, 0.3) is 11.0 Å². The van der Waals surface area contributed by atoms with Crippen LogP contribution in [0.1, 0.15) is 31.9 Å². The van der Waals surface area contributed by atoms with Crippen LogP contribution in [0.5, 0.6) is 5.75 Å². The van der Waals surface area contributed by atoms with E-state index in [1.165, 1.54) is 11.8 Å². The molecule has 2 heterocycles. The van der Waals surface area contributed by atoms with Crippen LogP contribution in [0.3, 0.4) is 0 Å². The van der Waals surface area contributed by atoms with Crippen LogP contribution in [0, 0.1) is 13.8 Å². The molecular formula is C29H37N3O5. The zero-order chi connectivity index (χ0) is 26.6. The Morgan fingerprint density at radius 2 is 1.73 bits per heavy atom. The van der Waals surface area contributed by atoms with Gasteiger partial charge in [-0.3, -0.25) is 4.90 Å². The number of hydrogen-bond acceptors (Lipinski definition) is 7. The van der Waals surface area contributed by atoms with Gasteiger partial charge in [-0.25, -0.2) is 9.59 Å². The number of nitrogens with zero attached hydrogens (tertiary/aromatic N) is 2. The fourth-order valence-corrected chi connectivity index (χ4v) is 4.51. The van der Waals surface area contributed by atoms with Gasteiger partial charge in [-0.05, 0) is 70.0 Å². The highest BCUT2D eigenvalue weighted by molar-refractivity contribution is 5.82. The molecule has 1 aliphatic rings. The maximum atomic E-state index is 12.6. The monoisotopic (exact) mass is 507 g/mol. The second kappa shape index (κ2) is 11.3. The molecule has 2 aromatic carbocycles. The van der Waals surface area contributed by atoms with Gasteiger partial charge < -0.3 is 24.1 Å². The van der Waals surface area contributed by atoms with Crippen molar-refractivity contribution >= 4 is 22.7 Å². The van der Waals surface area contributed by atoms with Crippen LogP contribution in [0.15, 0.2) is 57.7 Å². The molecule has 198 valence electrons. The molecule has 1 N–H and O–H groups in total. The molecule has 1 aliphatic heterocycles. The van der Waals surface area contributed by atoms with Gasteiger partial charge in [0.2, 0.25) is 0 Å². The van der Waals surface area contributed by atoms with E-state index in [9.17, 15) is 9.59 Å². The van der Waals surface area contributed by atoms with Gasteiger partial charge in [-0.1, -0.05) is 18.2 Å². The van der Waals surface area contributed by atoms with E-state index in [-0.39, 0.29) is 12.2 Å². The number of alkyl carbamates (subject to hydrolysis) is 1. The van der Waals surface area contributed by atoms with Gasteiger partial charge in [0.1, 0.15) is 17.9 Å². The van der Waals surface area contributed by atoms with E-state index < -0.39 is 17.7 Å². The normalized spacial score (nSPS) is 15.4. The van der Waals surface area contributed by atoms with Crippen molar-refractivity contribution < 1.29 is 18.7 Å². The molecular weight excluding hydrogens is 470 g/mol. The van der Waals surface area contributed by atoms with Crippen LogP contribution in [-0.4, -0.2) is 62.0 Å².